The smallest absolute Gasteiger partial charge is 0.343 e. The van der Waals surface area contributed by atoms with Crippen molar-refractivity contribution in [3.63, 3.8) is 0 Å². The molecule has 0 spiro atoms. The number of hydrogen-bond acceptors (Lipinski definition) is 4. The van der Waals surface area contributed by atoms with Gasteiger partial charge in [0.25, 0.3) is 0 Å². The lowest BCUT2D eigenvalue weighted by Gasteiger charge is -2.17. The standard InChI is InChI=1S/C19H24N2O2/c1-3-21(4-2)14-13-15-5-11-18(12-6-15)23-19(22)16-7-9-17(20)10-8-16/h5-12H,3-4,13-14,20H2,1-2H3. The van der Waals surface area contributed by atoms with Gasteiger partial charge >= 0.3 is 5.97 Å². The number of anilines is 1. The van der Waals surface area contributed by atoms with Crippen LogP contribution in [0.3, 0.4) is 0 Å². The second-order valence-electron chi connectivity index (χ2n) is 5.43. The van der Waals surface area contributed by atoms with Crippen LogP contribution in [-0.4, -0.2) is 30.5 Å². The van der Waals surface area contributed by atoms with E-state index in [1.54, 1.807) is 24.3 Å². The molecule has 23 heavy (non-hydrogen) atoms. The summed E-state index contributed by atoms with van der Waals surface area (Å²) in [7, 11) is 0. The molecule has 122 valence electrons. The summed E-state index contributed by atoms with van der Waals surface area (Å²) in [5.41, 5.74) is 7.96. The van der Waals surface area contributed by atoms with Crippen LogP contribution in [0.5, 0.6) is 5.75 Å². The Labute approximate surface area is 137 Å². The predicted molar refractivity (Wildman–Crippen MR) is 93.7 cm³/mol. The number of benzene rings is 2. The molecule has 4 heteroatoms. The summed E-state index contributed by atoms with van der Waals surface area (Å²) in [4.78, 5) is 14.4. The molecule has 0 atom stereocenters. The predicted octanol–water partition coefficient (Wildman–Crippen LogP) is 3.37. The number of esters is 1. The lowest BCUT2D eigenvalue weighted by Crippen LogP contribution is -2.25. The number of nitrogens with two attached hydrogens (primary N) is 1. The van der Waals surface area contributed by atoms with E-state index in [1.807, 2.05) is 24.3 Å². The summed E-state index contributed by atoms with van der Waals surface area (Å²) >= 11 is 0. The number of rotatable bonds is 7. The summed E-state index contributed by atoms with van der Waals surface area (Å²) in [6, 6.07) is 14.4. The van der Waals surface area contributed by atoms with E-state index >= 15 is 0 Å². The molecule has 4 nitrogen and oxygen atoms in total. The second-order valence-corrected chi connectivity index (χ2v) is 5.43. The zero-order chi connectivity index (χ0) is 16.7. The molecule has 2 rings (SSSR count). The molecule has 2 N–H and O–H groups in total. The Balaban J connectivity index is 1.91. The van der Waals surface area contributed by atoms with E-state index in [1.165, 1.54) is 5.56 Å². The minimum atomic E-state index is -0.374. The maximum atomic E-state index is 12.0. The molecule has 0 heterocycles. The lowest BCUT2D eigenvalue weighted by molar-refractivity contribution is 0.0735. The van der Waals surface area contributed by atoms with Gasteiger partial charge in [0.2, 0.25) is 0 Å². The molecule has 2 aromatic carbocycles. The monoisotopic (exact) mass is 312 g/mol. The van der Waals surface area contributed by atoms with Gasteiger partial charge in [-0.05, 0) is 61.5 Å². The van der Waals surface area contributed by atoms with E-state index in [9.17, 15) is 4.79 Å². The van der Waals surface area contributed by atoms with Crippen LogP contribution in [0.15, 0.2) is 48.5 Å². The minimum Gasteiger partial charge on any atom is -0.423 e. The molecule has 0 radical (unpaired) electrons. The van der Waals surface area contributed by atoms with Crippen LogP contribution in [-0.2, 0) is 6.42 Å². The normalized spacial score (nSPS) is 10.7. The Hall–Kier alpha value is -2.33. The molecule has 0 saturated heterocycles. The van der Waals surface area contributed by atoms with Gasteiger partial charge in [0.1, 0.15) is 5.75 Å². The first-order valence-electron chi connectivity index (χ1n) is 8.01. The molecule has 0 unspecified atom stereocenters. The largest absolute Gasteiger partial charge is 0.423 e. The van der Waals surface area contributed by atoms with Crippen LogP contribution < -0.4 is 10.5 Å². The van der Waals surface area contributed by atoms with Crippen molar-refractivity contribution in [3.8, 4) is 5.75 Å². The molecule has 0 aromatic heterocycles. The summed E-state index contributed by atoms with van der Waals surface area (Å²) in [5.74, 6) is 0.180. The van der Waals surface area contributed by atoms with Crippen molar-refractivity contribution in [2.24, 2.45) is 0 Å². The zero-order valence-electron chi connectivity index (χ0n) is 13.8. The number of nitrogen functional groups attached to an aromatic ring is 1. The van der Waals surface area contributed by atoms with Gasteiger partial charge in [-0.2, -0.15) is 0 Å². The number of nitrogens with zero attached hydrogens (tertiary/aromatic N) is 1. The van der Waals surface area contributed by atoms with E-state index in [0.717, 1.165) is 26.1 Å². The van der Waals surface area contributed by atoms with Crippen molar-refractivity contribution in [3.05, 3.63) is 59.7 Å². The van der Waals surface area contributed by atoms with Gasteiger partial charge in [-0.15, -0.1) is 0 Å². The highest BCUT2D eigenvalue weighted by atomic mass is 16.5. The molecule has 0 aliphatic carbocycles. The van der Waals surface area contributed by atoms with Crippen LogP contribution in [0.1, 0.15) is 29.8 Å². The van der Waals surface area contributed by atoms with Crippen molar-refractivity contribution < 1.29 is 9.53 Å². The number of carbonyl (C=O) groups is 1. The van der Waals surface area contributed by atoms with Gasteiger partial charge in [0.05, 0.1) is 5.56 Å². The molecule has 0 aliphatic heterocycles. The lowest BCUT2D eigenvalue weighted by atomic mass is 10.1. The molecule has 0 saturated carbocycles. The third-order valence-electron chi connectivity index (χ3n) is 3.89. The van der Waals surface area contributed by atoms with Crippen molar-refractivity contribution >= 4 is 11.7 Å². The Morgan fingerprint density at radius 3 is 2.17 bits per heavy atom. The Morgan fingerprint density at radius 2 is 1.61 bits per heavy atom. The molecule has 0 aliphatic rings. The summed E-state index contributed by atoms with van der Waals surface area (Å²) in [5, 5.41) is 0. The number of likely N-dealkylation sites (N-methyl/N-ethyl adjacent to an activating group) is 1. The third-order valence-corrected chi connectivity index (χ3v) is 3.89. The quantitative estimate of drug-likeness (QED) is 0.484. The SMILES string of the molecule is CCN(CC)CCc1ccc(OC(=O)c2ccc(N)cc2)cc1. The second kappa shape index (κ2) is 8.34. The molecule has 0 fully saturated rings. The highest BCUT2D eigenvalue weighted by molar-refractivity contribution is 5.91. The highest BCUT2D eigenvalue weighted by Gasteiger charge is 2.08. The maximum Gasteiger partial charge on any atom is 0.343 e. The Kier molecular flexibility index (Phi) is 6.18. The fourth-order valence-electron chi connectivity index (χ4n) is 2.34. The van der Waals surface area contributed by atoms with E-state index in [4.69, 9.17) is 10.5 Å². The molecule has 0 amide bonds. The van der Waals surface area contributed by atoms with Gasteiger partial charge < -0.3 is 15.4 Å². The van der Waals surface area contributed by atoms with Crippen molar-refractivity contribution in [2.75, 3.05) is 25.4 Å². The molecule has 2 aromatic rings. The van der Waals surface area contributed by atoms with Gasteiger partial charge in [-0.3, -0.25) is 0 Å². The fourth-order valence-corrected chi connectivity index (χ4v) is 2.34. The summed E-state index contributed by atoms with van der Waals surface area (Å²) < 4.78 is 5.37. The average molecular weight is 312 g/mol. The van der Waals surface area contributed by atoms with Gasteiger partial charge in [0.15, 0.2) is 0 Å². The summed E-state index contributed by atoms with van der Waals surface area (Å²) in [6.07, 6.45) is 0.994. The number of carbonyl (C=O) groups excluding carboxylic acids is 1. The van der Waals surface area contributed by atoms with Crippen LogP contribution in [0.25, 0.3) is 0 Å². The van der Waals surface area contributed by atoms with Gasteiger partial charge in [0, 0.05) is 12.2 Å². The van der Waals surface area contributed by atoms with Crippen LogP contribution >= 0.6 is 0 Å². The van der Waals surface area contributed by atoms with Crippen molar-refractivity contribution in [1.82, 2.24) is 4.90 Å². The van der Waals surface area contributed by atoms with E-state index in [2.05, 4.69) is 18.7 Å². The van der Waals surface area contributed by atoms with Gasteiger partial charge in [-0.25, -0.2) is 4.79 Å². The fraction of sp³-hybridized carbons (Fsp3) is 0.316. The Bertz CT molecular complexity index is 617. The number of ether oxygens (including phenoxy) is 1. The van der Waals surface area contributed by atoms with E-state index < -0.39 is 0 Å². The zero-order valence-corrected chi connectivity index (χ0v) is 13.8. The first kappa shape index (κ1) is 17.0. The van der Waals surface area contributed by atoms with Crippen molar-refractivity contribution in [2.45, 2.75) is 20.3 Å². The summed E-state index contributed by atoms with van der Waals surface area (Å²) in [6.45, 7) is 7.51. The van der Waals surface area contributed by atoms with Crippen LogP contribution in [0, 0.1) is 0 Å². The first-order chi connectivity index (χ1) is 11.1. The topological polar surface area (TPSA) is 55.6 Å². The average Bonchev–Trinajstić information content (AvgIpc) is 2.58. The van der Waals surface area contributed by atoms with E-state index in [0.29, 0.717) is 17.0 Å². The van der Waals surface area contributed by atoms with Crippen molar-refractivity contribution in [1.29, 1.82) is 0 Å². The maximum absolute atomic E-state index is 12.0. The van der Waals surface area contributed by atoms with Gasteiger partial charge in [-0.1, -0.05) is 26.0 Å². The minimum absolute atomic E-state index is 0.374. The Morgan fingerprint density at radius 1 is 1.00 bits per heavy atom. The van der Waals surface area contributed by atoms with E-state index in [-0.39, 0.29) is 5.97 Å². The first-order valence-corrected chi connectivity index (χ1v) is 8.01. The number of hydrogen-bond donors (Lipinski definition) is 1. The molecular weight excluding hydrogens is 288 g/mol. The third kappa shape index (κ3) is 5.11. The van der Waals surface area contributed by atoms with Crippen LogP contribution in [0.2, 0.25) is 0 Å². The highest BCUT2D eigenvalue weighted by Crippen LogP contribution is 2.15. The van der Waals surface area contributed by atoms with Crippen LogP contribution in [0.4, 0.5) is 5.69 Å². The molecule has 0 bridgehead atoms. The molecular formula is C19H24N2O2.